The van der Waals surface area contributed by atoms with Crippen molar-refractivity contribution in [1.29, 1.82) is 0 Å². The molecule has 16 heavy (non-hydrogen) atoms. The van der Waals surface area contributed by atoms with Gasteiger partial charge in [-0.2, -0.15) is 0 Å². The molecule has 0 fully saturated rings. The van der Waals surface area contributed by atoms with Gasteiger partial charge in [0.2, 0.25) is 0 Å². The van der Waals surface area contributed by atoms with E-state index in [2.05, 4.69) is 44.7 Å². The molecule has 0 aromatic heterocycles. The van der Waals surface area contributed by atoms with Crippen LogP contribution in [0.25, 0.3) is 0 Å². The van der Waals surface area contributed by atoms with E-state index in [0.29, 0.717) is 30.1 Å². The Kier molecular flexibility index (Phi) is 7.13. The molecule has 0 amide bonds. The predicted octanol–water partition coefficient (Wildman–Crippen LogP) is 2.13. The van der Waals surface area contributed by atoms with E-state index in [1.165, 1.54) is 0 Å². The third kappa shape index (κ3) is 6.67. The predicted molar refractivity (Wildman–Crippen MR) is 68.7 cm³/mol. The molecule has 0 aliphatic carbocycles. The van der Waals surface area contributed by atoms with Crippen LogP contribution in [0.3, 0.4) is 0 Å². The molecule has 0 bridgehead atoms. The fourth-order valence-electron chi connectivity index (χ4n) is 1.85. The molecule has 0 saturated heterocycles. The Morgan fingerprint density at radius 1 is 1.12 bits per heavy atom. The van der Waals surface area contributed by atoms with Gasteiger partial charge in [0, 0.05) is 25.6 Å². The Balaban J connectivity index is 4.36. The maximum atomic E-state index is 8.57. The highest BCUT2D eigenvalue weighted by molar-refractivity contribution is 5.80. The van der Waals surface area contributed by atoms with Crippen LogP contribution in [0.1, 0.15) is 41.0 Å². The molecule has 0 spiro atoms. The maximum Gasteiger partial charge on any atom is 0.140 e. The number of rotatable bonds is 7. The van der Waals surface area contributed by atoms with Crippen molar-refractivity contribution >= 4 is 5.84 Å². The number of nitrogens with zero attached hydrogens (tertiary/aromatic N) is 2. The first-order valence-corrected chi connectivity index (χ1v) is 6.07. The van der Waals surface area contributed by atoms with E-state index in [9.17, 15) is 0 Å². The van der Waals surface area contributed by atoms with E-state index < -0.39 is 0 Å². The summed E-state index contributed by atoms with van der Waals surface area (Å²) in [6, 6.07) is 0.320. The first-order chi connectivity index (χ1) is 7.36. The summed E-state index contributed by atoms with van der Waals surface area (Å²) in [6.07, 6.45) is 0.621. The Morgan fingerprint density at radius 2 is 1.56 bits per heavy atom. The zero-order valence-electron chi connectivity index (χ0n) is 11.3. The first kappa shape index (κ1) is 15.2. The van der Waals surface area contributed by atoms with Gasteiger partial charge in [-0.1, -0.05) is 32.9 Å². The number of hydrogen-bond donors (Lipinski definition) is 2. The van der Waals surface area contributed by atoms with Crippen molar-refractivity contribution in [2.24, 2.45) is 22.7 Å². The lowest BCUT2D eigenvalue weighted by Crippen LogP contribution is -2.40. The largest absolute Gasteiger partial charge is 0.409 e. The van der Waals surface area contributed by atoms with Gasteiger partial charge in [0.05, 0.1) is 0 Å². The summed E-state index contributed by atoms with van der Waals surface area (Å²) >= 11 is 0. The molecule has 1 unspecified atom stereocenters. The summed E-state index contributed by atoms with van der Waals surface area (Å²) in [5.74, 6) is 1.58. The van der Waals surface area contributed by atoms with Crippen molar-refractivity contribution in [3.63, 3.8) is 0 Å². The van der Waals surface area contributed by atoms with Crippen molar-refractivity contribution in [2.75, 3.05) is 13.1 Å². The summed E-state index contributed by atoms with van der Waals surface area (Å²) < 4.78 is 0. The molecule has 0 aromatic rings. The van der Waals surface area contributed by atoms with E-state index in [-0.39, 0.29) is 0 Å². The summed E-state index contributed by atoms with van der Waals surface area (Å²) in [5.41, 5.74) is 5.55. The molecule has 3 N–H and O–H groups in total. The molecule has 0 rings (SSSR count). The van der Waals surface area contributed by atoms with Crippen LogP contribution in [0.15, 0.2) is 5.16 Å². The van der Waals surface area contributed by atoms with Crippen LogP contribution in [-0.2, 0) is 0 Å². The molecule has 0 aliphatic heterocycles. The van der Waals surface area contributed by atoms with Gasteiger partial charge in [-0.25, -0.2) is 0 Å². The Labute approximate surface area is 99.5 Å². The van der Waals surface area contributed by atoms with Gasteiger partial charge in [0.1, 0.15) is 5.84 Å². The van der Waals surface area contributed by atoms with Crippen LogP contribution >= 0.6 is 0 Å². The Morgan fingerprint density at radius 3 is 1.88 bits per heavy atom. The zero-order chi connectivity index (χ0) is 12.7. The molecule has 0 heterocycles. The van der Waals surface area contributed by atoms with Gasteiger partial charge in [0.25, 0.3) is 0 Å². The van der Waals surface area contributed by atoms with Gasteiger partial charge in [-0.15, -0.1) is 0 Å². The lowest BCUT2D eigenvalue weighted by molar-refractivity contribution is 0.168. The zero-order valence-corrected chi connectivity index (χ0v) is 11.3. The molecule has 4 nitrogen and oxygen atoms in total. The molecule has 0 saturated carbocycles. The van der Waals surface area contributed by atoms with E-state index in [1.807, 2.05) is 0 Å². The van der Waals surface area contributed by atoms with Gasteiger partial charge in [-0.3, -0.25) is 4.90 Å². The van der Waals surface area contributed by atoms with Crippen LogP contribution in [-0.4, -0.2) is 35.1 Å². The normalized spacial score (nSPS) is 15.1. The smallest absolute Gasteiger partial charge is 0.140 e. The lowest BCUT2D eigenvalue weighted by atomic mass is 10.1. The van der Waals surface area contributed by atoms with Crippen LogP contribution in [0, 0.1) is 11.8 Å². The molecular formula is C12H27N3O. The molecule has 0 aromatic carbocycles. The summed E-state index contributed by atoms with van der Waals surface area (Å²) in [4.78, 5) is 2.41. The van der Waals surface area contributed by atoms with Gasteiger partial charge in [-0.05, 0) is 18.8 Å². The number of hydrogen-bond acceptors (Lipinski definition) is 3. The number of amidine groups is 1. The minimum Gasteiger partial charge on any atom is -0.409 e. The van der Waals surface area contributed by atoms with Crippen LogP contribution in [0.4, 0.5) is 0 Å². The number of nitrogens with two attached hydrogens (primary N) is 1. The summed E-state index contributed by atoms with van der Waals surface area (Å²) in [7, 11) is 0. The van der Waals surface area contributed by atoms with Crippen LogP contribution in [0.5, 0.6) is 0 Å². The van der Waals surface area contributed by atoms with Gasteiger partial charge < -0.3 is 10.9 Å². The Bertz CT molecular complexity index is 204. The standard InChI is InChI=1S/C12H27N3O/c1-9(2)7-15(8-10(3)4)11(5)6-12(13)14-16/h9-11,16H,6-8H2,1-5H3,(H2,13,14). The number of oxime groups is 1. The Hall–Kier alpha value is -0.770. The van der Waals surface area contributed by atoms with Crippen LogP contribution in [0.2, 0.25) is 0 Å². The quantitative estimate of drug-likeness (QED) is 0.304. The molecule has 4 heteroatoms. The highest BCUT2D eigenvalue weighted by Gasteiger charge is 2.17. The lowest BCUT2D eigenvalue weighted by Gasteiger charge is -2.31. The minimum absolute atomic E-state index is 0.310. The second-order valence-electron chi connectivity index (χ2n) is 5.39. The van der Waals surface area contributed by atoms with E-state index in [1.54, 1.807) is 0 Å². The van der Waals surface area contributed by atoms with Crippen molar-refractivity contribution in [2.45, 2.75) is 47.1 Å². The van der Waals surface area contributed by atoms with Gasteiger partial charge >= 0.3 is 0 Å². The van der Waals surface area contributed by atoms with E-state index in [0.717, 1.165) is 13.1 Å². The molecule has 0 aliphatic rings. The van der Waals surface area contributed by atoms with Crippen molar-refractivity contribution in [1.82, 2.24) is 4.90 Å². The molecule has 1 atom stereocenters. The SMILES string of the molecule is CC(C)CN(CC(C)C)C(C)C/C(N)=N/O. The van der Waals surface area contributed by atoms with Crippen LogP contribution < -0.4 is 5.73 Å². The second kappa shape index (κ2) is 7.49. The van der Waals surface area contributed by atoms with E-state index in [4.69, 9.17) is 10.9 Å². The average Bonchev–Trinajstić information content (AvgIpc) is 2.15. The monoisotopic (exact) mass is 229 g/mol. The van der Waals surface area contributed by atoms with Crippen molar-refractivity contribution in [3.8, 4) is 0 Å². The third-order valence-corrected chi connectivity index (χ3v) is 2.46. The van der Waals surface area contributed by atoms with Crippen molar-refractivity contribution in [3.05, 3.63) is 0 Å². The highest BCUT2D eigenvalue weighted by atomic mass is 16.4. The summed E-state index contributed by atoms with van der Waals surface area (Å²) in [5, 5.41) is 11.6. The maximum absolute atomic E-state index is 8.57. The molecule has 96 valence electrons. The first-order valence-electron chi connectivity index (χ1n) is 6.07. The third-order valence-electron chi connectivity index (χ3n) is 2.46. The second-order valence-corrected chi connectivity index (χ2v) is 5.39. The fraction of sp³-hybridized carbons (Fsp3) is 0.917. The summed E-state index contributed by atoms with van der Waals surface area (Å²) in [6.45, 7) is 13.1. The van der Waals surface area contributed by atoms with Crippen molar-refractivity contribution < 1.29 is 5.21 Å². The average molecular weight is 229 g/mol. The molecule has 0 radical (unpaired) electrons. The van der Waals surface area contributed by atoms with Gasteiger partial charge in [0.15, 0.2) is 0 Å². The minimum atomic E-state index is 0.310. The topological polar surface area (TPSA) is 61.8 Å². The van der Waals surface area contributed by atoms with E-state index >= 15 is 0 Å². The molecular weight excluding hydrogens is 202 g/mol. The fourth-order valence-corrected chi connectivity index (χ4v) is 1.85. The highest BCUT2D eigenvalue weighted by Crippen LogP contribution is 2.10.